The van der Waals surface area contributed by atoms with Gasteiger partial charge in [0, 0.05) is 24.8 Å². The molecule has 0 saturated carbocycles. The number of carboxylic acids is 1. The smallest absolute Gasteiger partial charge is 0.323 e. The van der Waals surface area contributed by atoms with E-state index < -0.39 is 30.3 Å². The zero-order valence-corrected chi connectivity index (χ0v) is 20.3. The van der Waals surface area contributed by atoms with Crippen molar-refractivity contribution in [2.75, 3.05) is 20.3 Å². The Kier molecular flexibility index (Phi) is 8.35. The van der Waals surface area contributed by atoms with Crippen LogP contribution in [0, 0.1) is 11.6 Å². The van der Waals surface area contributed by atoms with E-state index in [9.17, 15) is 23.5 Å². The largest absolute Gasteiger partial charge is 0.496 e. The number of aliphatic carboxylic acids is 1. The number of benzene rings is 3. The number of amides is 1. The van der Waals surface area contributed by atoms with Crippen LogP contribution >= 0.6 is 0 Å². The van der Waals surface area contributed by atoms with Crippen LogP contribution in [0.1, 0.15) is 24.0 Å². The van der Waals surface area contributed by atoms with Crippen LogP contribution in [0.4, 0.5) is 8.78 Å². The zero-order chi connectivity index (χ0) is 26.4. The van der Waals surface area contributed by atoms with Crippen molar-refractivity contribution in [3.63, 3.8) is 0 Å². The molecule has 1 amide bonds. The van der Waals surface area contributed by atoms with Crippen LogP contribution < -0.4 is 9.47 Å². The Morgan fingerprint density at radius 1 is 1.05 bits per heavy atom. The molecule has 1 atom stereocenters. The van der Waals surface area contributed by atoms with Crippen LogP contribution in [-0.4, -0.2) is 48.2 Å². The molecule has 0 radical (unpaired) electrons. The van der Waals surface area contributed by atoms with Gasteiger partial charge in [-0.15, -0.1) is 0 Å². The number of carbonyl (C=O) groups excluding carboxylic acids is 1. The summed E-state index contributed by atoms with van der Waals surface area (Å²) in [6.07, 6.45) is 0.768. The quantitative estimate of drug-likeness (QED) is 0.421. The Morgan fingerprint density at radius 2 is 1.78 bits per heavy atom. The third-order valence-electron chi connectivity index (χ3n) is 6.02. The van der Waals surface area contributed by atoms with Gasteiger partial charge in [-0.3, -0.25) is 9.59 Å². The summed E-state index contributed by atoms with van der Waals surface area (Å²) in [5.41, 5.74) is 2.67. The van der Waals surface area contributed by atoms with E-state index in [-0.39, 0.29) is 24.8 Å². The monoisotopic (exact) mass is 511 g/mol. The number of ether oxygens (including phenoxy) is 3. The number of halogens is 2. The Balaban J connectivity index is 1.41. The molecule has 9 heteroatoms. The maximum atomic E-state index is 13.8. The van der Waals surface area contributed by atoms with Gasteiger partial charge in [0.2, 0.25) is 0 Å². The summed E-state index contributed by atoms with van der Waals surface area (Å²) in [7, 11) is 1.39. The minimum atomic E-state index is -1.09. The second kappa shape index (κ2) is 11.8. The highest BCUT2D eigenvalue weighted by Gasteiger charge is 2.29. The highest BCUT2D eigenvalue weighted by Crippen LogP contribution is 2.33. The van der Waals surface area contributed by atoms with Gasteiger partial charge in [0.15, 0.2) is 11.6 Å². The zero-order valence-electron chi connectivity index (χ0n) is 20.3. The Bertz CT molecular complexity index is 1260. The van der Waals surface area contributed by atoms with Gasteiger partial charge in [-0.2, -0.15) is 0 Å². The third kappa shape index (κ3) is 6.62. The molecule has 4 rings (SSSR count). The minimum absolute atomic E-state index is 0.142. The van der Waals surface area contributed by atoms with E-state index in [0.717, 1.165) is 29.7 Å². The molecular formula is C28H27F2NO6. The molecule has 194 valence electrons. The maximum Gasteiger partial charge on any atom is 0.323 e. The second-order valence-electron chi connectivity index (χ2n) is 8.69. The highest BCUT2D eigenvalue weighted by molar-refractivity contribution is 5.84. The van der Waals surface area contributed by atoms with Gasteiger partial charge in [-0.05, 0) is 47.7 Å². The lowest BCUT2D eigenvalue weighted by atomic mass is 10.0. The van der Waals surface area contributed by atoms with Gasteiger partial charge in [-0.25, -0.2) is 8.78 Å². The first-order chi connectivity index (χ1) is 17.8. The molecule has 3 aromatic carbocycles. The number of rotatable bonds is 10. The molecule has 7 nitrogen and oxygen atoms in total. The highest BCUT2D eigenvalue weighted by atomic mass is 19.2. The average Bonchev–Trinajstić information content (AvgIpc) is 3.43. The third-order valence-corrected chi connectivity index (χ3v) is 6.02. The van der Waals surface area contributed by atoms with Gasteiger partial charge in [0.25, 0.3) is 5.91 Å². The van der Waals surface area contributed by atoms with Crippen molar-refractivity contribution in [1.82, 2.24) is 4.90 Å². The predicted octanol–water partition coefficient (Wildman–Crippen LogP) is 4.81. The van der Waals surface area contributed by atoms with Gasteiger partial charge < -0.3 is 24.2 Å². The van der Waals surface area contributed by atoms with Crippen LogP contribution in [0.15, 0.2) is 60.7 Å². The molecule has 37 heavy (non-hydrogen) atoms. The normalized spacial score (nSPS) is 14.8. The molecule has 1 N–H and O–H groups in total. The first kappa shape index (κ1) is 26.1. The Hall–Kier alpha value is -3.98. The van der Waals surface area contributed by atoms with E-state index in [1.165, 1.54) is 12.0 Å². The number of nitrogens with zero attached hydrogens (tertiary/aromatic N) is 1. The van der Waals surface area contributed by atoms with Crippen molar-refractivity contribution >= 4 is 11.9 Å². The molecule has 1 fully saturated rings. The molecule has 0 spiro atoms. The minimum Gasteiger partial charge on any atom is -0.496 e. The van der Waals surface area contributed by atoms with Crippen molar-refractivity contribution in [3.05, 3.63) is 83.4 Å². The van der Waals surface area contributed by atoms with Gasteiger partial charge in [0.05, 0.1) is 7.11 Å². The fourth-order valence-electron chi connectivity index (χ4n) is 4.21. The summed E-state index contributed by atoms with van der Waals surface area (Å²) in [4.78, 5) is 25.4. The maximum absolute atomic E-state index is 13.8. The number of carbonyl (C=O) groups is 2. The van der Waals surface area contributed by atoms with Crippen LogP contribution in [0.2, 0.25) is 0 Å². The van der Waals surface area contributed by atoms with Crippen LogP contribution in [-0.2, 0) is 27.5 Å². The molecule has 0 aromatic heterocycles. The van der Waals surface area contributed by atoms with Crippen molar-refractivity contribution < 1.29 is 37.7 Å². The SMILES string of the molecule is COc1cc(F)c(F)cc1-c1ccc(OCc2cccc(CN(CC(=O)O)C(=O)[C@@H]3CCCO3)c2)cc1. The lowest BCUT2D eigenvalue weighted by Gasteiger charge is -2.24. The molecule has 0 aliphatic carbocycles. The summed E-state index contributed by atoms with van der Waals surface area (Å²) >= 11 is 0. The van der Waals surface area contributed by atoms with Crippen molar-refractivity contribution in [2.24, 2.45) is 0 Å². The molecular weight excluding hydrogens is 484 g/mol. The van der Waals surface area contributed by atoms with Gasteiger partial charge >= 0.3 is 5.97 Å². The van der Waals surface area contributed by atoms with E-state index >= 15 is 0 Å². The van der Waals surface area contributed by atoms with E-state index in [0.29, 0.717) is 29.9 Å². The fourth-order valence-corrected chi connectivity index (χ4v) is 4.21. The number of methoxy groups -OCH3 is 1. The Labute approximate surface area is 213 Å². The Morgan fingerprint density at radius 3 is 2.46 bits per heavy atom. The summed E-state index contributed by atoms with van der Waals surface area (Å²) in [6.45, 7) is 0.470. The molecule has 0 bridgehead atoms. The average molecular weight is 512 g/mol. The summed E-state index contributed by atoms with van der Waals surface area (Å²) in [5, 5.41) is 9.27. The number of hydrogen-bond donors (Lipinski definition) is 1. The first-order valence-corrected chi connectivity index (χ1v) is 11.8. The van der Waals surface area contributed by atoms with E-state index in [1.807, 2.05) is 24.3 Å². The molecule has 1 aliphatic rings. The van der Waals surface area contributed by atoms with Crippen LogP contribution in [0.5, 0.6) is 11.5 Å². The fraction of sp³-hybridized carbons (Fsp3) is 0.286. The second-order valence-corrected chi connectivity index (χ2v) is 8.69. The lowest BCUT2D eigenvalue weighted by Crippen LogP contribution is -2.41. The van der Waals surface area contributed by atoms with E-state index in [4.69, 9.17) is 14.2 Å². The molecule has 3 aromatic rings. The van der Waals surface area contributed by atoms with Crippen LogP contribution in [0.25, 0.3) is 11.1 Å². The topological polar surface area (TPSA) is 85.3 Å². The molecule has 1 heterocycles. The molecule has 0 unspecified atom stereocenters. The van der Waals surface area contributed by atoms with Crippen molar-refractivity contribution in [2.45, 2.75) is 32.1 Å². The predicted molar refractivity (Wildman–Crippen MR) is 131 cm³/mol. The van der Waals surface area contributed by atoms with Gasteiger partial charge in [0.1, 0.15) is 30.8 Å². The molecule has 1 aliphatic heterocycles. The van der Waals surface area contributed by atoms with Crippen LogP contribution in [0.3, 0.4) is 0 Å². The summed E-state index contributed by atoms with van der Waals surface area (Å²) in [6, 6.07) is 16.4. The molecule has 1 saturated heterocycles. The number of hydrogen-bond acceptors (Lipinski definition) is 5. The van der Waals surface area contributed by atoms with E-state index in [2.05, 4.69) is 0 Å². The lowest BCUT2D eigenvalue weighted by molar-refractivity contribution is -0.149. The summed E-state index contributed by atoms with van der Waals surface area (Å²) < 4.78 is 43.8. The number of carboxylic acid groups (broad SMARTS) is 1. The first-order valence-electron chi connectivity index (χ1n) is 11.8. The summed E-state index contributed by atoms with van der Waals surface area (Å²) in [5.74, 6) is -2.56. The van der Waals surface area contributed by atoms with Gasteiger partial charge in [-0.1, -0.05) is 36.4 Å². The van der Waals surface area contributed by atoms with E-state index in [1.54, 1.807) is 24.3 Å². The standard InChI is InChI=1S/C28H27F2NO6/c1-35-26-14-24(30)23(29)13-22(26)20-7-9-21(10-8-20)37-17-19-5-2-4-18(12-19)15-31(16-27(32)33)28(34)25-6-3-11-36-25/h2,4-5,7-10,12-14,25H,3,6,11,15-17H2,1H3,(H,32,33)/t25-/m0/s1. The van der Waals surface area contributed by atoms with Crippen molar-refractivity contribution in [1.29, 1.82) is 0 Å². The van der Waals surface area contributed by atoms with Crippen molar-refractivity contribution in [3.8, 4) is 22.6 Å².